The van der Waals surface area contributed by atoms with Gasteiger partial charge in [0.1, 0.15) is 6.04 Å². The molecule has 1 heterocycles. The molecule has 20 heavy (non-hydrogen) atoms. The number of hydrogen-bond acceptors (Lipinski definition) is 4. The molecule has 1 fully saturated rings. The number of aliphatic carboxylic acids is 1. The SMILES string of the molecule is CSCCC(NC(=O)N(C)CC1CCCOC1)C(=O)O. The summed E-state index contributed by atoms with van der Waals surface area (Å²) in [6.45, 7) is 2.06. The second-order valence-corrected chi connectivity index (χ2v) is 6.07. The zero-order chi connectivity index (χ0) is 15.0. The lowest BCUT2D eigenvalue weighted by Gasteiger charge is -2.28. The number of thioether (sulfide) groups is 1. The lowest BCUT2D eigenvalue weighted by atomic mass is 10.0. The Morgan fingerprint density at radius 2 is 2.30 bits per heavy atom. The first-order chi connectivity index (χ1) is 9.54. The molecule has 0 saturated carbocycles. The predicted octanol–water partition coefficient (Wildman–Crippen LogP) is 1.26. The molecular formula is C13H24N2O4S. The second kappa shape index (κ2) is 9.07. The quantitative estimate of drug-likeness (QED) is 0.740. The molecule has 0 aromatic carbocycles. The van der Waals surface area contributed by atoms with E-state index in [1.807, 2.05) is 6.26 Å². The van der Waals surface area contributed by atoms with Gasteiger partial charge < -0.3 is 20.1 Å². The van der Waals surface area contributed by atoms with Crippen molar-refractivity contribution in [3.8, 4) is 0 Å². The molecule has 6 nitrogen and oxygen atoms in total. The van der Waals surface area contributed by atoms with Crippen molar-refractivity contribution in [2.75, 3.05) is 38.8 Å². The van der Waals surface area contributed by atoms with E-state index in [9.17, 15) is 9.59 Å². The molecule has 1 saturated heterocycles. The van der Waals surface area contributed by atoms with E-state index in [4.69, 9.17) is 9.84 Å². The number of carboxylic acids is 1. The second-order valence-electron chi connectivity index (χ2n) is 5.09. The average molecular weight is 304 g/mol. The smallest absolute Gasteiger partial charge is 0.326 e. The van der Waals surface area contributed by atoms with Gasteiger partial charge in [0.2, 0.25) is 0 Å². The summed E-state index contributed by atoms with van der Waals surface area (Å²) in [5.74, 6) is 0.0630. The molecule has 0 radical (unpaired) electrons. The highest BCUT2D eigenvalue weighted by Gasteiger charge is 2.23. The number of urea groups is 1. The molecule has 1 rings (SSSR count). The van der Waals surface area contributed by atoms with Crippen molar-refractivity contribution in [2.24, 2.45) is 5.92 Å². The Labute approximate surface area is 124 Å². The summed E-state index contributed by atoms with van der Waals surface area (Å²) in [7, 11) is 1.69. The average Bonchev–Trinajstić information content (AvgIpc) is 2.43. The van der Waals surface area contributed by atoms with Crippen LogP contribution in [0.5, 0.6) is 0 Å². The van der Waals surface area contributed by atoms with Crippen molar-refractivity contribution in [3.05, 3.63) is 0 Å². The molecule has 7 heteroatoms. The van der Waals surface area contributed by atoms with Crippen LogP contribution >= 0.6 is 11.8 Å². The molecular weight excluding hydrogens is 280 g/mol. The maximum atomic E-state index is 12.0. The van der Waals surface area contributed by atoms with Crippen LogP contribution in [0.1, 0.15) is 19.3 Å². The van der Waals surface area contributed by atoms with E-state index in [-0.39, 0.29) is 6.03 Å². The van der Waals surface area contributed by atoms with Crippen molar-refractivity contribution in [2.45, 2.75) is 25.3 Å². The maximum absolute atomic E-state index is 12.0. The Kier molecular flexibility index (Phi) is 7.76. The first-order valence-corrected chi connectivity index (χ1v) is 8.25. The normalized spacial score (nSPS) is 20.2. The highest BCUT2D eigenvalue weighted by atomic mass is 32.2. The number of nitrogens with one attached hydrogen (secondary N) is 1. The van der Waals surface area contributed by atoms with Gasteiger partial charge in [-0.15, -0.1) is 0 Å². The zero-order valence-corrected chi connectivity index (χ0v) is 12.9. The van der Waals surface area contributed by atoms with Gasteiger partial charge in [-0.3, -0.25) is 0 Å². The van der Waals surface area contributed by atoms with Gasteiger partial charge in [-0.2, -0.15) is 11.8 Å². The van der Waals surface area contributed by atoms with Crippen molar-refractivity contribution in [1.82, 2.24) is 10.2 Å². The van der Waals surface area contributed by atoms with Crippen LogP contribution in [-0.2, 0) is 9.53 Å². The largest absolute Gasteiger partial charge is 0.480 e. The summed E-state index contributed by atoms with van der Waals surface area (Å²) >= 11 is 1.57. The Hall–Kier alpha value is -0.950. The third kappa shape index (κ3) is 6.00. The zero-order valence-electron chi connectivity index (χ0n) is 12.1. The summed E-state index contributed by atoms with van der Waals surface area (Å²) in [6, 6.07) is -1.15. The molecule has 1 aliphatic rings. The van der Waals surface area contributed by atoms with E-state index in [1.54, 1.807) is 23.7 Å². The molecule has 1 aliphatic heterocycles. The molecule has 2 amide bonds. The van der Waals surface area contributed by atoms with Crippen LogP contribution in [-0.4, -0.2) is 66.9 Å². The van der Waals surface area contributed by atoms with Crippen LogP contribution < -0.4 is 5.32 Å². The van der Waals surface area contributed by atoms with Crippen molar-refractivity contribution in [1.29, 1.82) is 0 Å². The third-order valence-electron chi connectivity index (χ3n) is 3.34. The lowest BCUT2D eigenvalue weighted by molar-refractivity contribution is -0.139. The van der Waals surface area contributed by atoms with Crippen molar-refractivity contribution in [3.63, 3.8) is 0 Å². The minimum atomic E-state index is -0.984. The summed E-state index contributed by atoms with van der Waals surface area (Å²) in [5.41, 5.74) is 0. The van der Waals surface area contributed by atoms with E-state index < -0.39 is 12.0 Å². The fourth-order valence-electron chi connectivity index (χ4n) is 2.17. The number of carbonyl (C=O) groups excluding carboxylic acids is 1. The highest BCUT2D eigenvalue weighted by Crippen LogP contribution is 2.14. The third-order valence-corrected chi connectivity index (χ3v) is 3.98. The summed E-state index contributed by atoms with van der Waals surface area (Å²) < 4.78 is 5.38. The van der Waals surface area contributed by atoms with Gasteiger partial charge in [0, 0.05) is 26.1 Å². The summed E-state index contributed by atoms with van der Waals surface area (Å²) in [6.07, 6.45) is 4.41. The minimum Gasteiger partial charge on any atom is -0.480 e. The van der Waals surface area contributed by atoms with Crippen LogP contribution in [0.15, 0.2) is 0 Å². The van der Waals surface area contributed by atoms with Gasteiger partial charge in [-0.05, 0) is 31.3 Å². The molecule has 116 valence electrons. The van der Waals surface area contributed by atoms with Crippen LogP contribution in [0.4, 0.5) is 4.79 Å². The number of rotatable bonds is 7. The molecule has 0 aliphatic carbocycles. The van der Waals surface area contributed by atoms with Crippen LogP contribution in [0.3, 0.4) is 0 Å². The summed E-state index contributed by atoms with van der Waals surface area (Å²) in [5, 5.41) is 11.7. The Morgan fingerprint density at radius 1 is 1.55 bits per heavy atom. The fourth-order valence-corrected chi connectivity index (χ4v) is 2.65. The minimum absolute atomic E-state index is 0.330. The van der Waals surface area contributed by atoms with E-state index in [0.717, 1.165) is 19.4 Å². The van der Waals surface area contributed by atoms with Crippen molar-refractivity contribution >= 4 is 23.8 Å². The molecule has 0 spiro atoms. The number of hydrogen-bond donors (Lipinski definition) is 2. The van der Waals surface area contributed by atoms with E-state index >= 15 is 0 Å². The highest BCUT2D eigenvalue weighted by molar-refractivity contribution is 7.98. The first-order valence-electron chi connectivity index (χ1n) is 6.85. The van der Waals surface area contributed by atoms with Gasteiger partial charge in [0.05, 0.1) is 6.61 Å². The Morgan fingerprint density at radius 3 is 2.85 bits per heavy atom. The molecule has 0 bridgehead atoms. The van der Waals surface area contributed by atoms with E-state index in [1.165, 1.54) is 0 Å². The molecule has 2 atom stereocenters. The molecule has 2 N–H and O–H groups in total. The summed E-state index contributed by atoms with van der Waals surface area (Å²) in [4.78, 5) is 24.6. The first kappa shape index (κ1) is 17.1. The number of amides is 2. The molecule has 0 aromatic rings. The number of carboxylic acid groups (broad SMARTS) is 1. The van der Waals surface area contributed by atoms with Gasteiger partial charge in [0.25, 0.3) is 0 Å². The van der Waals surface area contributed by atoms with Crippen LogP contribution in [0, 0.1) is 5.92 Å². The standard InChI is InChI=1S/C13H24N2O4S/c1-15(8-10-4-3-6-19-9-10)13(18)14-11(12(16)17)5-7-20-2/h10-11H,3-9H2,1-2H3,(H,14,18)(H,16,17). The Bertz CT molecular complexity index is 321. The number of carbonyl (C=O) groups is 2. The Balaban J connectivity index is 2.39. The van der Waals surface area contributed by atoms with E-state index in [2.05, 4.69) is 5.32 Å². The van der Waals surface area contributed by atoms with Crippen LogP contribution in [0.2, 0.25) is 0 Å². The molecule has 0 aromatic heterocycles. The fraction of sp³-hybridized carbons (Fsp3) is 0.846. The van der Waals surface area contributed by atoms with Gasteiger partial charge in [0.15, 0.2) is 0 Å². The van der Waals surface area contributed by atoms with Gasteiger partial charge in [-0.1, -0.05) is 0 Å². The lowest BCUT2D eigenvalue weighted by Crippen LogP contribution is -2.48. The number of nitrogens with zero attached hydrogens (tertiary/aromatic N) is 1. The van der Waals surface area contributed by atoms with Crippen molar-refractivity contribution < 1.29 is 19.4 Å². The number of ether oxygens (including phenoxy) is 1. The monoisotopic (exact) mass is 304 g/mol. The predicted molar refractivity (Wildman–Crippen MR) is 79.1 cm³/mol. The van der Waals surface area contributed by atoms with Gasteiger partial charge in [-0.25, -0.2) is 9.59 Å². The van der Waals surface area contributed by atoms with Gasteiger partial charge >= 0.3 is 12.0 Å². The maximum Gasteiger partial charge on any atom is 0.326 e. The topological polar surface area (TPSA) is 78.9 Å². The van der Waals surface area contributed by atoms with Crippen LogP contribution in [0.25, 0.3) is 0 Å². The molecule has 2 unspecified atom stereocenters. The van der Waals surface area contributed by atoms with E-state index in [0.29, 0.717) is 31.2 Å².